The third-order valence-electron chi connectivity index (χ3n) is 4.84. The van der Waals surface area contributed by atoms with Crippen LogP contribution in [0.3, 0.4) is 0 Å². The maximum absolute atomic E-state index is 12.4. The number of aromatic nitrogens is 5. The van der Waals surface area contributed by atoms with Crippen molar-refractivity contribution in [1.82, 2.24) is 24.1 Å². The van der Waals surface area contributed by atoms with Gasteiger partial charge >= 0.3 is 6.01 Å². The summed E-state index contributed by atoms with van der Waals surface area (Å²) in [7, 11) is 0. The zero-order valence-corrected chi connectivity index (χ0v) is 18.0. The van der Waals surface area contributed by atoms with Gasteiger partial charge in [0.25, 0.3) is 5.56 Å². The zero-order valence-electron chi connectivity index (χ0n) is 17.3. The number of hydrogen-bond acceptors (Lipinski definition) is 5. The normalized spacial score (nSPS) is 11.8. The molecule has 0 radical (unpaired) electrons. The first-order chi connectivity index (χ1) is 14.2. The minimum atomic E-state index is -0.265. The number of aryl methyl sites for hydroxylation is 1. The van der Waals surface area contributed by atoms with Crippen molar-refractivity contribution in [2.24, 2.45) is 0 Å². The molecule has 4 aromatic rings. The number of benzene rings is 1. The molecule has 3 aromatic heterocycles. The third kappa shape index (κ3) is 4.07. The van der Waals surface area contributed by atoms with Crippen molar-refractivity contribution in [3.05, 3.63) is 81.0 Å². The third-order valence-corrected chi connectivity index (χ3v) is 5.06. The molecule has 0 spiro atoms. The van der Waals surface area contributed by atoms with E-state index in [2.05, 4.69) is 35.8 Å². The summed E-state index contributed by atoms with van der Waals surface area (Å²) in [6, 6.07) is 13.0. The van der Waals surface area contributed by atoms with E-state index in [9.17, 15) is 4.79 Å². The van der Waals surface area contributed by atoms with Gasteiger partial charge in [0.05, 0.1) is 6.54 Å². The molecule has 0 aliphatic rings. The Balaban J connectivity index is 1.68. The summed E-state index contributed by atoms with van der Waals surface area (Å²) in [5.41, 5.74) is 2.67. The maximum atomic E-state index is 12.4. The molecule has 1 aromatic carbocycles. The molecular weight excluding hydrogens is 402 g/mol. The molecule has 0 saturated carbocycles. The lowest BCUT2D eigenvalue weighted by molar-refractivity contribution is 0.441. The van der Waals surface area contributed by atoms with Gasteiger partial charge in [-0.2, -0.15) is 9.50 Å². The smallest absolute Gasteiger partial charge is 0.343 e. The first kappa shape index (κ1) is 20.1. The fourth-order valence-electron chi connectivity index (χ4n) is 3.13. The molecule has 0 unspecified atom stereocenters. The summed E-state index contributed by atoms with van der Waals surface area (Å²) in [6.07, 6.45) is 1.70. The van der Waals surface area contributed by atoms with Crippen molar-refractivity contribution < 1.29 is 4.74 Å². The van der Waals surface area contributed by atoms with Gasteiger partial charge in [-0.1, -0.05) is 50.6 Å². The van der Waals surface area contributed by atoms with E-state index in [0.29, 0.717) is 23.2 Å². The Morgan fingerprint density at radius 2 is 1.83 bits per heavy atom. The fourth-order valence-corrected chi connectivity index (χ4v) is 3.24. The van der Waals surface area contributed by atoms with E-state index in [0.717, 1.165) is 11.3 Å². The van der Waals surface area contributed by atoms with Gasteiger partial charge in [0.2, 0.25) is 5.78 Å². The minimum absolute atomic E-state index is 0.0525. The first-order valence-electron chi connectivity index (χ1n) is 9.57. The molecule has 0 N–H and O–H groups in total. The second kappa shape index (κ2) is 7.57. The van der Waals surface area contributed by atoms with Crippen LogP contribution in [0, 0.1) is 6.92 Å². The summed E-state index contributed by atoms with van der Waals surface area (Å²) in [6.45, 7) is 8.78. The highest BCUT2D eigenvalue weighted by Gasteiger charge is 2.16. The second-order valence-corrected chi connectivity index (χ2v) is 8.57. The lowest BCUT2D eigenvalue weighted by atomic mass is 9.87. The Morgan fingerprint density at radius 1 is 1.10 bits per heavy atom. The number of hydrogen-bond donors (Lipinski definition) is 0. The Morgan fingerprint density at radius 3 is 2.47 bits per heavy atom. The molecule has 0 aliphatic heterocycles. The highest BCUT2D eigenvalue weighted by atomic mass is 35.5. The molecule has 0 bridgehead atoms. The van der Waals surface area contributed by atoms with Gasteiger partial charge in [-0.3, -0.25) is 4.79 Å². The molecular formula is C22H22ClN5O2. The minimum Gasteiger partial charge on any atom is -0.423 e. The molecule has 154 valence electrons. The van der Waals surface area contributed by atoms with E-state index in [1.54, 1.807) is 12.3 Å². The number of fused-ring (bicyclic) bond motifs is 1. The van der Waals surface area contributed by atoms with E-state index in [1.165, 1.54) is 16.1 Å². The van der Waals surface area contributed by atoms with Gasteiger partial charge in [-0.15, -0.1) is 5.10 Å². The SMILES string of the molecule is Cc1cc(=O)n2nc(Oc3ccc(C(C)(C)C)cc3)nc2n1Cc1ccc(Cl)nc1. The molecule has 0 fully saturated rings. The van der Waals surface area contributed by atoms with Gasteiger partial charge in [-0.25, -0.2) is 4.98 Å². The van der Waals surface area contributed by atoms with Crippen molar-refractivity contribution in [2.75, 3.05) is 0 Å². The molecule has 0 atom stereocenters. The number of halogens is 1. The summed E-state index contributed by atoms with van der Waals surface area (Å²) in [5.74, 6) is 1.01. The predicted octanol–water partition coefficient (Wildman–Crippen LogP) is 4.39. The van der Waals surface area contributed by atoms with E-state index in [-0.39, 0.29) is 17.0 Å². The monoisotopic (exact) mass is 423 g/mol. The van der Waals surface area contributed by atoms with Crippen molar-refractivity contribution in [3.63, 3.8) is 0 Å². The van der Waals surface area contributed by atoms with E-state index >= 15 is 0 Å². The summed E-state index contributed by atoms with van der Waals surface area (Å²) in [5, 5.41) is 4.68. The average Bonchev–Trinajstić information content (AvgIpc) is 3.10. The molecule has 8 heteroatoms. The standard InChI is InChI=1S/C22H22ClN5O2/c1-14-11-19(29)28-21(27(14)13-15-5-10-18(23)24-12-15)25-20(26-28)30-17-8-6-16(7-9-17)22(2,3)4/h5-12H,13H2,1-4H3. The number of ether oxygens (including phenoxy) is 1. The molecule has 30 heavy (non-hydrogen) atoms. The largest absolute Gasteiger partial charge is 0.423 e. The Kier molecular flexibility index (Phi) is 5.07. The summed E-state index contributed by atoms with van der Waals surface area (Å²) in [4.78, 5) is 21.0. The molecule has 0 aliphatic carbocycles. The average molecular weight is 424 g/mol. The molecule has 7 nitrogen and oxygen atoms in total. The highest BCUT2D eigenvalue weighted by molar-refractivity contribution is 6.29. The maximum Gasteiger partial charge on any atom is 0.343 e. The van der Waals surface area contributed by atoms with Crippen LogP contribution in [0.1, 0.15) is 37.6 Å². The van der Waals surface area contributed by atoms with Crippen LogP contribution in [0.25, 0.3) is 5.78 Å². The fraction of sp³-hybridized carbons (Fsp3) is 0.273. The summed E-state index contributed by atoms with van der Waals surface area (Å²) >= 11 is 5.87. The zero-order chi connectivity index (χ0) is 21.5. The Hall–Kier alpha value is -3.19. The van der Waals surface area contributed by atoms with Crippen molar-refractivity contribution >= 4 is 17.4 Å². The highest BCUT2D eigenvalue weighted by Crippen LogP contribution is 2.26. The number of pyridine rings is 1. The molecule has 0 saturated heterocycles. The van der Waals surface area contributed by atoms with Gasteiger partial charge in [0, 0.05) is 18.0 Å². The number of rotatable bonds is 4. The Bertz CT molecular complexity index is 1250. The van der Waals surface area contributed by atoms with Crippen LogP contribution in [0.5, 0.6) is 11.8 Å². The van der Waals surface area contributed by atoms with Crippen LogP contribution in [-0.4, -0.2) is 24.1 Å². The van der Waals surface area contributed by atoms with Crippen molar-refractivity contribution in [3.8, 4) is 11.8 Å². The summed E-state index contributed by atoms with van der Waals surface area (Å²) < 4.78 is 8.95. The van der Waals surface area contributed by atoms with Gasteiger partial charge < -0.3 is 9.30 Å². The Labute approximate surface area is 178 Å². The molecule has 4 rings (SSSR count). The van der Waals surface area contributed by atoms with Crippen molar-refractivity contribution in [2.45, 2.75) is 39.7 Å². The van der Waals surface area contributed by atoms with E-state index < -0.39 is 0 Å². The van der Waals surface area contributed by atoms with E-state index in [4.69, 9.17) is 16.3 Å². The quantitative estimate of drug-likeness (QED) is 0.455. The lowest BCUT2D eigenvalue weighted by Gasteiger charge is -2.18. The van der Waals surface area contributed by atoms with E-state index in [1.807, 2.05) is 41.8 Å². The first-order valence-corrected chi connectivity index (χ1v) is 9.94. The molecule has 3 heterocycles. The topological polar surface area (TPSA) is 74.3 Å². The van der Waals surface area contributed by atoms with Crippen LogP contribution < -0.4 is 10.3 Å². The van der Waals surface area contributed by atoms with Crippen LogP contribution in [0.15, 0.2) is 53.5 Å². The molecule has 0 amide bonds. The number of nitrogens with zero attached hydrogens (tertiary/aromatic N) is 5. The van der Waals surface area contributed by atoms with Crippen molar-refractivity contribution in [1.29, 1.82) is 0 Å². The van der Waals surface area contributed by atoms with Gasteiger partial charge in [-0.05, 0) is 41.7 Å². The van der Waals surface area contributed by atoms with Gasteiger partial charge in [0.1, 0.15) is 10.9 Å². The van der Waals surface area contributed by atoms with Crippen LogP contribution in [0.4, 0.5) is 0 Å². The van der Waals surface area contributed by atoms with Gasteiger partial charge in [0.15, 0.2) is 0 Å². The van der Waals surface area contributed by atoms with Crippen LogP contribution in [-0.2, 0) is 12.0 Å². The lowest BCUT2D eigenvalue weighted by Crippen LogP contribution is -2.20. The predicted molar refractivity (Wildman–Crippen MR) is 116 cm³/mol. The van der Waals surface area contributed by atoms with Crippen LogP contribution in [0.2, 0.25) is 5.15 Å². The van der Waals surface area contributed by atoms with Crippen LogP contribution >= 0.6 is 11.6 Å². The second-order valence-electron chi connectivity index (χ2n) is 8.18.